The van der Waals surface area contributed by atoms with Gasteiger partial charge in [-0.3, -0.25) is 9.59 Å². The number of rotatable bonds is 1. The first-order valence-corrected chi connectivity index (χ1v) is 7.19. The summed E-state index contributed by atoms with van der Waals surface area (Å²) >= 11 is 3.33. The predicted molar refractivity (Wildman–Crippen MR) is 73.6 cm³/mol. The van der Waals surface area contributed by atoms with Crippen LogP contribution in [-0.2, 0) is 15.2 Å². The van der Waals surface area contributed by atoms with E-state index in [2.05, 4.69) is 21.2 Å². The van der Waals surface area contributed by atoms with E-state index in [-0.39, 0.29) is 5.78 Å². The number of amides is 1. The first-order valence-electron chi connectivity index (χ1n) is 6.40. The van der Waals surface area contributed by atoms with E-state index < -0.39 is 17.4 Å². The number of Topliss-reactive ketones (excluding diaryl/α,β-unsaturated/α-hetero) is 1. The largest absolute Gasteiger partial charge is 0.375 e. The quantitative estimate of drug-likeness (QED) is 0.833. The highest BCUT2D eigenvalue weighted by Gasteiger charge is 2.53. The molecule has 0 saturated heterocycles. The summed E-state index contributed by atoms with van der Waals surface area (Å²) in [5, 5.41) is 13.5. The molecule has 2 atom stereocenters. The molecule has 1 fully saturated rings. The lowest BCUT2D eigenvalue weighted by Crippen LogP contribution is -2.46. The molecular formula is C14H14BrNO3. The van der Waals surface area contributed by atoms with E-state index in [4.69, 9.17) is 0 Å². The van der Waals surface area contributed by atoms with Gasteiger partial charge in [0.2, 0.25) is 0 Å². The standard InChI is InChI=1S/C14H14BrNO3/c15-8-5-6-9-11(7-8)16-13(18)14(9,19)10-3-1-2-4-12(10)17/h5-7,10,19H,1-4H2,(H,16,18)/t10?,14-/m1/s1. The van der Waals surface area contributed by atoms with Gasteiger partial charge in [0.15, 0.2) is 5.60 Å². The molecule has 1 amide bonds. The fraction of sp³-hybridized carbons (Fsp3) is 0.429. The van der Waals surface area contributed by atoms with Gasteiger partial charge in [0, 0.05) is 22.1 Å². The molecule has 1 aliphatic heterocycles. The van der Waals surface area contributed by atoms with Crippen LogP contribution < -0.4 is 5.32 Å². The molecule has 2 N–H and O–H groups in total. The van der Waals surface area contributed by atoms with E-state index >= 15 is 0 Å². The van der Waals surface area contributed by atoms with E-state index in [0.29, 0.717) is 24.1 Å². The molecule has 0 radical (unpaired) electrons. The third-order valence-corrected chi connectivity index (χ3v) is 4.54. The summed E-state index contributed by atoms with van der Waals surface area (Å²) in [6.45, 7) is 0. The normalized spacial score (nSPS) is 30.1. The van der Waals surface area contributed by atoms with Crippen LogP contribution in [-0.4, -0.2) is 16.8 Å². The first kappa shape index (κ1) is 12.8. The average Bonchev–Trinajstić information content (AvgIpc) is 2.62. The van der Waals surface area contributed by atoms with Gasteiger partial charge in [-0.2, -0.15) is 0 Å². The number of carbonyl (C=O) groups excluding carboxylic acids is 2. The molecule has 1 saturated carbocycles. The van der Waals surface area contributed by atoms with Crippen LogP contribution in [0.2, 0.25) is 0 Å². The topological polar surface area (TPSA) is 66.4 Å². The molecule has 5 heteroatoms. The summed E-state index contributed by atoms with van der Waals surface area (Å²) < 4.78 is 0.825. The number of hydrogen-bond donors (Lipinski definition) is 2. The first-order chi connectivity index (χ1) is 9.03. The maximum absolute atomic E-state index is 12.2. The average molecular weight is 324 g/mol. The Morgan fingerprint density at radius 2 is 2.11 bits per heavy atom. The molecule has 1 heterocycles. The van der Waals surface area contributed by atoms with Crippen LogP contribution in [0, 0.1) is 5.92 Å². The summed E-state index contributed by atoms with van der Waals surface area (Å²) in [5.74, 6) is -1.12. The van der Waals surface area contributed by atoms with E-state index in [1.807, 2.05) is 0 Å². The molecule has 1 aliphatic carbocycles. The highest BCUT2D eigenvalue weighted by Crippen LogP contribution is 2.45. The number of nitrogens with one attached hydrogen (secondary N) is 1. The fourth-order valence-corrected chi connectivity index (χ4v) is 3.42. The Bertz CT molecular complexity index is 572. The van der Waals surface area contributed by atoms with E-state index in [0.717, 1.165) is 17.3 Å². The molecule has 3 rings (SSSR count). The molecule has 1 aromatic carbocycles. The van der Waals surface area contributed by atoms with Crippen molar-refractivity contribution < 1.29 is 14.7 Å². The van der Waals surface area contributed by atoms with Crippen LogP contribution in [0.15, 0.2) is 22.7 Å². The van der Waals surface area contributed by atoms with Gasteiger partial charge >= 0.3 is 0 Å². The minimum Gasteiger partial charge on any atom is -0.375 e. The van der Waals surface area contributed by atoms with Crippen LogP contribution in [0.1, 0.15) is 31.2 Å². The number of carbonyl (C=O) groups is 2. The lowest BCUT2D eigenvalue weighted by molar-refractivity contribution is -0.150. The summed E-state index contributed by atoms with van der Waals surface area (Å²) in [6.07, 6.45) is 2.74. The van der Waals surface area contributed by atoms with Gasteiger partial charge < -0.3 is 10.4 Å². The Morgan fingerprint density at radius 3 is 2.84 bits per heavy atom. The van der Waals surface area contributed by atoms with Crippen LogP contribution in [0.3, 0.4) is 0 Å². The highest BCUT2D eigenvalue weighted by atomic mass is 79.9. The van der Waals surface area contributed by atoms with Crippen molar-refractivity contribution in [2.45, 2.75) is 31.3 Å². The second-order valence-corrected chi connectivity index (χ2v) is 6.09. The number of ketones is 1. The molecule has 2 aliphatic rings. The third kappa shape index (κ3) is 1.83. The fourth-order valence-electron chi connectivity index (χ4n) is 3.06. The van der Waals surface area contributed by atoms with Gasteiger partial charge in [0.05, 0.1) is 5.92 Å². The monoisotopic (exact) mass is 323 g/mol. The number of hydrogen-bond acceptors (Lipinski definition) is 3. The SMILES string of the molecule is O=C1CCCCC1[C@@]1(O)C(=O)Nc2cc(Br)ccc21. The molecule has 1 unspecified atom stereocenters. The number of fused-ring (bicyclic) bond motifs is 1. The zero-order valence-electron chi connectivity index (χ0n) is 10.3. The van der Waals surface area contributed by atoms with E-state index in [1.165, 1.54) is 0 Å². The summed E-state index contributed by atoms with van der Waals surface area (Å²) in [4.78, 5) is 24.2. The van der Waals surface area contributed by atoms with Crippen molar-refractivity contribution >= 4 is 33.3 Å². The van der Waals surface area contributed by atoms with Crippen molar-refractivity contribution in [1.82, 2.24) is 0 Å². The lowest BCUT2D eigenvalue weighted by atomic mass is 9.73. The smallest absolute Gasteiger partial charge is 0.261 e. The van der Waals surface area contributed by atoms with Crippen molar-refractivity contribution in [2.75, 3.05) is 5.32 Å². The van der Waals surface area contributed by atoms with Gasteiger partial charge in [0.25, 0.3) is 5.91 Å². The van der Waals surface area contributed by atoms with Crippen molar-refractivity contribution in [2.24, 2.45) is 5.92 Å². The van der Waals surface area contributed by atoms with Gasteiger partial charge in [-0.15, -0.1) is 0 Å². The Hall–Kier alpha value is -1.20. The molecule has 100 valence electrons. The van der Waals surface area contributed by atoms with E-state index in [9.17, 15) is 14.7 Å². The molecular weight excluding hydrogens is 310 g/mol. The minimum atomic E-state index is -1.70. The Morgan fingerprint density at radius 1 is 1.32 bits per heavy atom. The Labute approximate surface area is 119 Å². The number of halogens is 1. The number of aliphatic hydroxyl groups is 1. The maximum atomic E-state index is 12.2. The summed E-state index contributed by atoms with van der Waals surface area (Å²) in [7, 11) is 0. The van der Waals surface area contributed by atoms with Crippen LogP contribution in [0.4, 0.5) is 5.69 Å². The molecule has 4 nitrogen and oxygen atoms in total. The minimum absolute atomic E-state index is 0.0142. The number of anilines is 1. The molecule has 1 aromatic rings. The molecule has 0 aromatic heterocycles. The van der Waals surface area contributed by atoms with Crippen molar-refractivity contribution in [3.05, 3.63) is 28.2 Å². The maximum Gasteiger partial charge on any atom is 0.261 e. The van der Waals surface area contributed by atoms with Gasteiger partial charge in [-0.1, -0.05) is 28.4 Å². The highest BCUT2D eigenvalue weighted by molar-refractivity contribution is 9.10. The van der Waals surface area contributed by atoms with Crippen LogP contribution in [0.5, 0.6) is 0 Å². The third-order valence-electron chi connectivity index (χ3n) is 4.05. The molecule has 0 spiro atoms. The zero-order chi connectivity index (χ0) is 13.6. The zero-order valence-corrected chi connectivity index (χ0v) is 11.9. The predicted octanol–water partition coefficient (Wildman–Crippen LogP) is 2.35. The van der Waals surface area contributed by atoms with Crippen molar-refractivity contribution in [1.29, 1.82) is 0 Å². The lowest BCUT2D eigenvalue weighted by Gasteiger charge is -2.32. The Balaban J connectivity index is 2.09. The van der Waals surface area contributed by atoms with Gasteiger partial charge in [-0.25, -0.2) is 0 Å². The Kier molecular flexibility index (Phi) is 2.98. The second kappa shape index (κ2) is 4.42. The van der Waals surface area contributed by atoms with Crippen molar-refractivity contribution in [3.63, 3.8) is 0 Å². The summed E-state index contributed by atoms with van der Waals surface area (Å²) in [5.41, 5.74) is -0.603. The summed E-state index contributed by atoms with van der Waals surface area (Å²) in [6, 6.07) is 5.23. The van der Waals surface area contributed by atoms with Crippen LogP contribution >= 0.6 is 15.9 Å². The second-order valence-electron chi connectivity index (χ2n) is 5.18. The van der Waals surface area contributed by atoms with Gasteiger partial charge in [-0.05, 0) is 25.0 Å². The van der Waals surface area contributed by atoms with Crippen LogP contribution in [0.25, 0.3) is 0 Å². The molecule has 0 bridgehead atoms. The number of benzene rings is 1. The van der Waals surface area contributed by atoms with E-state index in [1.54, 1.807) is 18.2 Å². The molecule has 19 heavy (non-hydrogen) atoms. The van der Waals surface area contributed by atoms with Crippen molar-refractivity contribution in [3.8, 4) is 0 Å². The van der Waals surface area contributed by atoms with Gasteiger partial charge in [0.1, 0.15) is 5.78 Å².